The standard InChI is InChI=1S/C26H23N3O/c1-3-20(16-27)28-25(18-10-5-4-6-11-18)24-22-15-19(13-14-23(22)29-26(24)30)21-12-8-7-9-17(21)2/h3-16,27,29-30H,1-2H3/b20-3+,27-16?,28-25?. The van der Waals surface area contributed by atoms with Gasteiger partial charge in [0, 0.05) is 22.7 Å². The van der Waals surface area contributed by atoms with Crippen LogP contribution in [-0.2, 0) is 0 Å². The molecule has 4 heteroatoms. The molecule has 30 heavy (non-hydrogen) atoms. The summed E-state index contributed by atoms with van der Waals surface area (Å²) in [5.41, 5.74) is 6.90. The second kappa shape index (κ2) is 8.21. The van der Waals surface area contributed by atoms with Crippen molar-refractivity contribution < 1.29 is 5.11 Å². The average molecular weight is 393 g/mol. The minimum Gasteiger partial charge on any atom is -0.494 e. The highest BCUT2D eigenvalue weighted by atomic mass is 16.3. The third kappa shape index (κ3) is 3.55. The molecule has 0 bridgehead atoms. The summed E-state index contributed by atoms with van der Waals surface area (Å²) >= 11 is 0. The minimum atomic E-state index is 0.0648. The fraction of sp³-hybridized carbons (Fsp3) is 0.0769. The number of hydrogen-bond donors (Lipinski definition) is 3. The molecule has 4 aromatic rings. The first-order valence-corrected chi connectivity index (χ1v) is 9.84. The lowest BCUT2D eigenvalue weighted by Gasteiger charge is -2.09. The van der Waals surface area contributed by atoms with Crippen LogP contribution in [0.15, 0.2) is 89.6 Å². The van der Waals surface area contributed by atoms with Crippen molar-refractivity contribution in [3.8, 4) is 17.0 Å². The van der Waals surface area contributed by atoms with Crippen LogP contribution >= 0.6 is 0 Å². The summed E-state index contributed by atoms with van der Waals surface area (Å²) in [7, 11) is 0. The summed E-state index contributed by atoms with van der Waals surface area (Å²) in [6.07, 6.45) is 2.99. The van der Waals surface area contributed by atoms with Crippen molar-refractivity contribution in [2.24, 2.45) is 4.99 Å². The van der Waals surface area contributed by atoms with Gasteiger partial charge in [-0.3, -0.25) is 0 Å². The SMILES string of the molecule is C/C=C(\C=N)N=C(c1ccccc1)c1c(O)[nH]c2ccc(-c3ccccc3C)cc12. The molecule has 0 saturated heterocycles. The van der Waals surface area contributed by atoms with E-state index in [2.05, 4.69) is 36.2 Å². The van der Waals surface area contributed by atoms with E-state index in [0.29, 0.717) is 17.0 Å². The highest BCUT2D eigenvalue weighted by Gasteiger charge is 2.19. The predicted molar refractivity (Wildman–Crippen MR) is 125 cm³/mol. The number of rotatable bonds is 5. The van der Waals surface area contributed by atoms with Crippen LogP contribution in [0.5, 0.6) is 5.88 Å². The summed E-state index contributed by atoms with van der Waals surface area (Å²) in [5, 5.41) is 19.4. The number of aliphatic imine (C=N–C) groups is 1. The van der Waals surface area contributed by atoms with Crippen molar-refractivity contribution in [1.29, 1.82) is 5.41 Å². The zero-order chi connectivity index (χ0) is 21.1. The van der Waals surface area contributed by atoms with Crippen molar-refractivity contribution in [1.82, 2.24) is 4.98 Å². The smallest absolute Gasteiger partial charge is 0.199 e. The quantitative estimate of drug-likeness (QED) is 0.345. The van der Waals surface area contributed by atoms with Crippen LogP contribution in [0, 0.1) is 12.3 Å². The van der Waals surface area contributed by atoms with Crippen LogP contribution in [0.4, 0.5) is 0 Å². The van der Waals surface area contributed by atoms with E-state index in [4.69, 9.17) is 10.4 Å². The zero-order valence-electron chi connectivity index (χ0n) is 17.0. The van der Waals surface area contributed by atoms with Gasteiger partial charge in [-0.2, -0.15) is 0 Å². The van der Waals surface area contributed by atoms with Gasteiger partial charge in [-0.05, 0) is 42.7 Å². The van der Waals surface area contributed by atoms with Crippen LogP contribution in [-0.4, -0.2) is 22.0 Å². The van der Waals surface area contributed by atoms with Crippen molar-refractivity contribution in [3.63, 3.8) is 0 Å². The van der Waals surface area contributed by atoms with Gasteiger partial charge in [0.15, 0.2) is 5.88 Å². The van der Waals surface area contributed by atoms with Gasteiger partial charge in [-0.15, -0.1) is 0 Å². The maximum absolute atomic E-state index is 10.8. The Balaban J connectivity index is 1.99. The molecule has 4 nitrogen and oxygen atoms in total. The molecule has 0 aliphatic heterocycles. The fourth-order valence-electron chi connectivity index (χ4n) is 3.65. The lowest BCUT2D eigenvalue weighted by Crippen LogP contribution is -2.04. The van der Waals surface area contributed by atoms with Crippen LogP contribution in [0.1, 0.15) is 23.6 Å². The highest BCUT2D eigenvalue weighted by molar-refractivity contribution is 6.22. The fourth-order valence-corrected chi connectivity index (χ4v) is 3.65. The second-order valence-electron chi connectivity index (χ2n) is 7.11. The third-order valence-corrected chi connectivity index (χ3v) is 5.20. The van der Waals surface area contributed by atoms with Gasteiger partial charge in [0.1, 0.15) is 0 Å². The van der Waals surface area contributed by atoms with Gasteiger partial charge in [0.25, 0.3) is 0 Å². The van der Waals surface area contributed by atoms with Gasteiger partial charge in [0.05, 0.1) is 17.0 Å². The van der Waals surface area contributed by atoms with Gasteiger partial charge >= 0.3 is 0 Å². The zero-order valence-corrected chi connectivity index (χ0v) is 17.0. The van der Waals surface area contributed by atoms with Crippen molar-refractivity contribution in [3.05, 3.63) is 101 Å². The molecule has 0 radical (unpaired) electrons. The molecule has 148 valence electrons. The molecule has 4 rings (SSSR count). The summed E-state index contributed by atoms with van der Waals surface area (Å²) in [6.45, 7) is 3.94. The largest absolute Gasteiger partial charge is 0.494 e. The molecular formula is C26H23N3O. The van der Waals surface area contributed by atoms with Gasteiger partial charge < -0.3 is 15.5 Å². The van der Waals surface area contributed by atoms with Gasteiger partial charge in [-0.1, -0.05) is 66.7 Å². The maximum atomic E-state index is 10.8. The van der Waals surface area contributed by atoms with E-state index in [9.17, 15) is 5.11 Å². The molecular weight excluding hydrogens is 370 g/mol. The van der Waals surface area contributed by atoms with E-state index < -0.39 is 0 Å². The first-order chi connectivity index (χ1) is 14.6. The number of aromatic nitrogens is 1. The number of aryl methyl sites for hydroxylation is 1. The predicted octanol–water partition coefficient (Wildman–Crippen LogP) is 6.24. The van der Waals surface area contributed by atoms with E-state index >= 15 is 0 Å². The molecule has 0 atom stereocenters. The lowest BCUT2D eigenvalue weighted by molar-refractivity contribution is 0.457. The Morgan fingerprint density at radius 2 is 1.73 bits per heavy atom. The maximum Gasteiger partial charge on any atom is 0.199 e. The van der Waals surface area contributed by atoms with Gasteiger partial charge in [0.2, 0.25) is 0 Å². The molecule has 0 amide bonds. The van der Waals surface area contributed by atoms with E-state index in [1.54, 1.807) is 6.08 Å². The Hall–Kier alpha value is -3.92. The molecule has 0 fully saturated rings. The molecule has 0 aliphatic carbocycles. The summed E-state index contributed by atoms with van der Waals surface area (Å²) in [4.78, 5) is 7.79. The number of hydrogen-bond acceptors (Lipinski definition) is 3. The molecule has 1 aromatic heterocycles. The summed E-state index contributed by atoms with van der Waals surface area (Å²) in [5.74, 6) is 0.0648. The first-order valence-electron chi connectivity index (χ1n) is 9.84. The molecule has 3 aromatic carbocycles. The van der Waals surface area contributed by atoms with E-state index in [1.807, 2.05) is 55.5 Å². The number of allylic oxidation sites excluding steroid dienone is 2. The minimum absolute atomic E-state index is 0.0648. The summed E-state index contributed by atoms with van der Waals surface area (Å²) < 4.78 is 0. The van der Waals surface area contributed by atoms with E-state index in [1.165, 1.54) is 11.8 Å². The highest BCUT2D eigenvalue weighted by Crippen LogP contribution is 2.34. The lowest BCUT2D eigenvalue weighted by atomic mass is 9.96. The summed E-state index contributed by atoms with van der Waals surface area (Å²) in [6, 6.07) is 24.1. The van der Waals surface area contributed by atoms with E-state index in [0.717, 1.165) is 27.6 Å². The normalized spacial score (nSPS) is 12.3. The monoisotopic (exact) mass is 393 g/mol. The third-order valence-electron chi connectivity index (χ3n) is 5.20. The van der Waals surface area contributed by atoms with Crippen LogP contribution in [0.3, 0.4) is 0 Å². The number of fused-ring (bicyclic) bond motifs is 1. The molecule has 1 heterocycles. The molecule has 0 saturated carbocycles. The number of H-pyrrole nitrogens is 1. The van der Waals surface area contributed by atoms with Crippen LogP contribution < -0.4 is 0 Å². The number of aromatic hydroxyl groups is 1. The van der Waals surface area contributed by atoms with E-state index in [-0.39, 0.29) is 5.88 Å². The molecule has 0 unspecified atom stereocenters. The van der Waals surface area contributed by atoms with Gasteiger partial charge in [-0.25, -0.2) is 4.99 Å². The average Bonchev–Trinajstić information content (AvgIpc) is 3.10. The second-order valence-corrected chi connectivity index (χ2v) is 7.11. The van der Waals surface area contributed by atoms with Crippen molar-refractivity contribution >= 4 is 22.8 Å². The number of aromatic amines is 1. The Bertz CT molecular complexity index is 1280. The Labute approximate surface area is 175 Å². The molecule has 3 N–H and O–H groups in total. The van der Waals surface area contributed by atoms with Crippen LogP contribution in [0.25, 0.3) is 22.0 Å². The molecule has 0 spiro atoms. The van der Waals surface area contributed by atoms with Crippen molar-refractivity contribution in [2.45, 2.75) is 13.8 Å². The number of nitrogens with one attached hydrogen (secondary N) is 2. The number of benzene rings is 3. The Morgan fingerprint density at radius 3 is 2.43 bits per heavy atom. The Kier molecular flexibility index (Phi) is 5.31. The van der Waals surface area contributed by atoms with Crippen LogP contribution in [0.2, 0.25) is 0 Å². The Morgan fingerprint density at radius 1 is 1.00 bits per heavy atom. The first kappa shape index (κ1) is 19.4. The molecule has 0 aliphatic rings. The number of nitrogens with zero attached hydrogens (tertiary/aromatic N) is 1. The topological polar surface area (TPSA) is 72.2 Å². The van der Waals surface area contributed by atoms with Crippen molar-refractivity contribution in [2.75, 3.05) is 0 Å².